The maximum Gasteiger partial charge on any atom is 0.222 e. The molecule has 136 valence electrons. The molecular formula is C19H21ClN4OS. The second kappa shape index (κ2) is 8.01. The first-order valence-electron chi connectivity index (χ1n) is 8.41. The zero-order valence-electron chi connectivity index (χ0n) is 14.9. The molecule has 3 rings (SSSR count). The molecule has 2 atom stereocenters. The van der Waals surface area contributed by atoms with Crippen molar-refractivity contribution in [2.45, 2.75) is 39.3 Å². The SMILES string of the molecule is Cc1nn(C(C)CC(=O)NC(c2ccncc2)c2cccs2)c(C)c1Cl. The van der Waals surface area contributed by atoms with Crippen LogP contribution in [0.15, 0.2) is 42.0 Å². The first-order chi connectivity index (χ1) is 12.5. The summed E-state index contributed by atoms with van der Waals surface area (Å²) >= 11 is 7.84. The molecule has 0 spiro atoms. The molecule has 0 saturated heterocycles. The second-order valence-corrected chi connectivity index (χ2v) is 7.64. The van der Waals surface area contributed by atoms with Crippen molar-refractivity contribution in [2.75, 3.05) is 0 Å². The maximum absolute atomic E-state index is 12.7. The lowest BCUT2D eigenvalue weighted by Crippen LogP contribution is -2.30. The van der Waals surface area contributed by atoms with Gasteiger partial charge in [-0.25, -0.2) is 0 Å². The van der Waals surface area contributed by atoms with Gasteiger partial charge in [0.25, 0.3) is 0 Å². The van der Waals surface area contributed by atoms with E-state index in [2.05, 4.69) is 15.4 Å². The van der Waals surface area contributed by atoms with Gasteiger partial charge in [-0.05, 0) is 49.9 Å². The summed E-state index contributed by atoms with van der Waals surface area (Å²) in [6.45, 7) is 5.76. The van der Waals surface area contributed by atoms with E-state index in [0.717, 1.165) is 21.8 Å². The maximum atomic E-state index is 12.7. The van der Waals surface area contributed by atoms with Crippen LogP contribution in [0.5, 0.6) is 0 Å². The van der Waals surface area contributed by atoms with Crippen LogP contribution in [-0.2, 0) is 4.79 Å². The van der Waals surface area contributed by atoms with E-state index in [0.29, 0.717) is 11.4 Å². The molecule has 0 aliphatic carbocycles. The molecule has 0 aliphatic heterocycles. The van der Waals surface area contributed by atoms with Crippen LogP contribution in [0.1, 0.15) is 47.3 Å². The number of halogens is 1. The number of nitrogens with zero attached hydrogens (tertiary/aromatic N) is 3. The number of hydrogen-bond acceptors (Lipinski definition) is 4. The van der Waals surface area contributed by atoms with Gasteiger partial charge in [-0.3, -0.25) is 14.5 Å². The Labute approximate surface area is 162 Å². The zero-order chi connectivity index (χ0) is 18.7. The molecule has 0 fully saturated rings. The molecule has 5 nitrogen and oxygen atoms in total. The van der Waals surface area contributed by atoms with E-state index in [1.54, 1.807) is 23.7 Å². The minimum absolute atomic E-state index is 0.0311. The Morgan fingerprint density at radius 3 is 2.62 bits per heavy atom. The van der Waals surface area contributed by atoms with Gasteiger partial charge >= 0.3 is 0 Å². The second-order valence-electron chi connectivity index (χ2n) is 6.28. The minimum atomic E-state index is -0.179. The molecule has 1 amide bonds. The third-order valence-corrected chi connectivity index (χ3v) is 5.79. The van der Waals surface area contributed by atoms with Gasteiger partial charge in [-0.2, -0.15) is 5.10 Å². The van der Waals surface area contributed by atoms with Gasteiger partial charge < -0.3 is 5.32 Å². The molecule has 0 radical (unpaired) electrons. The normalized spacial score (nSPS) is 13.4. The summed E-state index contributed by atoms with van der Waals surface area (Å²) < 4.78 is 1.82. The van der Waals surface area contributed by atoms with Gasteiger partial charge in [-0.15, -0.1) is 11.3 Å². The summed E-state index contributed by atoms with van der Waals surface area (Å²) in [5, 5.41) is 10.3. The Hall–Kier alpha value is -2.18. The lowest BCUT2D eigenvalue weighted by atomic mass is 10.1. The largest absolute Gasteiger partial charge is 0.344 e. The van der Waals surface area contributed by atoms with E-state index in [4.69, 9.17) is 11.6 Å². The molecular weight excluding hydrogens is 368 g/mol. The molecule has 0 saturated carbocycles. The third kappa shape index (κ3) is 3.97. The van der Waals surface area contributed by atoms with Crippen LogP contribution in [0.4, 0.5) is 0 Å². The lowest BCUT2D eigenvalue weighted by Gasteiger charge is -2.20. The van der Waals surface area contributed by atoms with Crippen LogP contribution in [0.2, 0.25) is 5.02 Å². The van der Waals surface area contributed by atoms with Crippen molar-refractivity contribution in [2.24, 2.45) is 0 Å². The lowest BCUT2D eigenvalue weighted by molar-refractivity contribution is -0.122. The Kier molecular flexibility index (Phi) is 5.74. The predicted molar refractivity (Wildman–Crippen MR) is 105 cm³/mol. The van der Waals surface area contributed by atoms with Crippen LogP contribution < -0.4 is 5.32 Å². The van der Waals surface area contributed by atoms with Crippen LogP contribution >= 0.6 is 22.9 Å². The Balaban J connectivity index is 1.75. The van der Waals surface area contributed by atoms with Crippen molar-refractivity contribution in [3.05, 3.63) is 68.9 Å². The first-order valence-corrected chi connectivity index (χ1v) is 9.67. The number of hydrogen-bond donors (Lipinski definition) is 1. The average molecular weight is 389 g/mol. The van der Waals surface area contributed by atoms with Gasteiger partial charge in [-0.1, -0.05) is 17.7 Å². The number of aromatic nitrogens is 3. The monoisotopic (exact) mass is 388 g/mol. The average Bonchev–Trinajstić information content (AvgIpc) is 3.25. The summed E-state index contributed by atoms with van der Waals surface area (Å²) in [6.07, 6.45) is 3.80. The van der Waals surface area contributed by atoms with E-state index in [-0.39, 0.29) is 18.0 Å². The number of carbonyl (C=O) groups excluding carboxylic acids is 1. The summed E-state index contributed by atoms with van der Waals surface area (Å²) in [6, 6.07) is 7.61. The third-order valence-electron chi connectivity index (χ3n) is 4.31. The number of amides is 1. The Morgan fingerprint density at radius 2 is 2.04 bits per heavy atom. The van der Waals surface area contributed by atoms with Gasteiger partial charge in [0.1, 0.15) is 0 Å². The summed E-state index contributed by atoms with van der Waals surface area (Å²) in [4.78, 5) is 17.9. The molecule has 3 aromatic rings. The fourth-order valence-electron chi connectivity index (χ4n) is 2.98. The van der Waals surface area contributed by atoms with Crippen molar-refractivity contribution in [1.82, 2.24) is 20.1 Å². The molecule has 0 aromatic carbocycles. The topological polar surface area (TPSA) is 59.8 Å². The Bertz CT molecular complexity index is 877. The molecule has 1 N–H and O–H groups in total. The molecule has 3 aromatic heterocycles. The van der Waals surface area contributed by atoms with Gasteiger partial charge in [0.05, 0.1) is 28.5 Å². The molecule has 2 unspecified atom stereocenters. The van der Waals surface area contributed by atoms with E-state index in [9.17, 15) is 4.79 Å². The fourth-order valence-corrected chi connectivity index (χ4v) is 3.90. The smallest absolute Gasteiger partial charge is 0.222 e. The molecule has 26 heavy (non-hydrogen) atoms. The highest BCUT2D eigenvalue weighted by molar-refractivity contribution is 7.10. The number of thiophene rings is 1. The van der Waals surface area contributed by atoms with Crippen molar-refractivity contribution in [3.8, 4) is 0 Å². The van der Waals surface area contributed by atoms with Gasteiger partial charge in [0.15, 0.2) is 0 Å². The van der Waals surface area contributed by atoms with Crippen LogP contribution in [0.3, 0.4) is 0 Å². The number of rotatable bonds is 6. The van der Waals surface area contributed by atoms with Gasteiger partial charge in [0.2, 0.25) is 5.91 Å². The molecule has 0 bridgehead atoms. The molecule has 3 heterocycles. The van der Waals surface area contributed by atoms with E-state index in [1.165, 1.54) is 0 Å². The zero-order valence-corrected chi connectivity index (χ0v) is 16.5. The number of nitrogens with one attached hydrogen (secondary N) is 1. The highest BCUT2D eigenvalue weighted by Crippen LogP contribution is 2.27. The fraction of sp³-hybridized carbons (Fsp3) is 0.316. The van der Waals surface area contributed by atoms with Crippen LogP contribution in [0.25, 0.3) is 0 Å². The first kappa shape index (κ1) is 18.6. The van der Waals surface area contributed by atoms with Crippen molar-refractivity contribution in [3.63, 3.8) is 0 Å². The highest BCUT2D eigenvalue weighted by atomic mass is 35.5. The number of carbonyl (C=O) groups is 1. The van der Waals surface area contributed by atoms with Crippen molar-refractivity contribution < 1.29 is 4.79 Å². The van der Waals surface area contributed by atoms with Crippen LogP contribution in [-0.4, -0.2) is 20.7 Å². The Morgan fingerprint density at radius 1 is 1.31 bits per heavy atom. The summed E-state index contributed by atoms with van der Waals surface area (Å²) in [5.41, 5.74) is 2.68. The highest BCUT2D eigenvalue weighted by Gasteiger charge is 2.21. The van der Waals surface area contributed by atoms with Crippen molar-refractivity contribution >= 4 is 28.8 Å². The molecule has 0 aliphatic rings. The van der Waals surface area contributed by atoms with E-state index in [1.807, 2.05) is 55.1 Å². The van der Waals surface area contributed by atoms with Crippen LogP contribution in [0, 0.1) is 13.8 Å². The quantitative estimate of drug-likeness (QED) is 0.677. The minimum Gasteiger partial charge on any atom is -0.344 e. The van der Waals surface area contributed by atoms with Crippen molar-refractivity contribution in [1.29, 1.82) is 0 Å². The molecule has 7 heteroatoms. The van der Waals surface area contributed by atoms with E-state index < -0.39 is 0 Å². The summed E-state index contributed by atoms with van der Waals surface area (Å²) in [7, 11) is 0. The number of pyridine rings is 1. The summed E-state index contributed by atoms with van der Waals surface area (Å²) in [5.74, 6) is -0.0311. The van der Waals surface area contributed by atoms with Gasteiger partial charge in [0, 0.05) is 23.7 Å². The standard InChI is InChI=1S/C19H21ClN4OS/c1-12(24-14(3)18(20)13(2)23-24)11-17(25)22-19(16-5-4-10-26-16)15-6-8-21-9-7-15/h4-10,12,19H,11H2,1-3H3,(H,22,25). The van der Waals surface area contributed by atoms with E-state index >= 15 is 0 Å². The number of aryl methyl sites for hydroxylation is 1. The predicted octanol–water partition coefficient (Wildman–Crippen LogP) is 4.47.